The molecule has 1 aliphatic heterocycles. The minimum atomic E-state index is -0.382. The lowest BCUT2D eigenvalue weighted by Crippen LogP contribution is -2.49. The highest BCUT2D eigenvalue weighted by Crippen LogP contribution is 2.28. The van der Waals surface area contributed by atoms with Crippen molar-refractivity contribution < 1.29 is 19.1 Å². The summed E-state index contributed by atoms with van der Waals surface area (Å²) in [7, 11) is 0. The Kier molecular flexibility index (Phi) is 7.43. The number of carbonyl (C=O) groups is 2. The standard InChI is InChI=1S/C27H26ClNO4/c1-19(30)24-16-22(28)12-13-25(24)33-18-23-17-29(14-15-32-23)27(31)26(20-8-4-2-5-9-20)21-10-6-3-7-11-21/h2-13,16,23,26H,14-15,17-18H2,1H3. The van der Waals surface area contributed by atoms with Gasteiger partial charge in [0.05, 0.1) is 24.6 Å². The van der Waals surface area contributed by atoms with Gasteiger partial charge in [-0.05, 0) is 36.2 Å². The fourth-order valence-corrected chi connectivity index (χ4v) is 4.23. The minimum Gasteiger partial charge on any atom is -0.490 e. The van der Waals surface area contributed by atoms with Gasteiger partial charge in [-0.2, -0.15) is 0 Å². The molecule has 1 fully saturated rings. The number of hydrogen-bond donors (Lipinski definition) is 0. The lowest BCUT2D eigenvalue weighted by molar-refractivity contribution is -0.140. The number of Topliss-reactive ketones (excluding diaryl/α,β-unsaturated/α-hetero) is 1. The number of morpholine rings is 1. The predicted octanol–water partition coefficient (Wildman–Crippen LogP) is 4.98. The molecule has 1 saturated heterocycles. The van der Waals surface area contributed by atoms with Crippen molar-refractivity contribution in [2.45, 2.75) is 18.9 Å². The third kappa shape index (κ3) is 5.62. The lowest BCUT2D eigenvalue weighted by atomic mass is 9.90. The number of rotatable bonds is 7. The molecule has 0 spiro atoms. The smallest absolute Gasteiger partial charge is 0.234 e. The molecule has 1 heterocycles. The summed E-state index contributed by atoms with van der Waals surface area (Å²) in [6, 6.07) is 24.6. The molecule has 0 N–H and O–H groups in total. The number of halogens is 1. The van der Waals surface area contributed by atoms with Crippen LogP contribution < -0.4 is 4.74 Å². The van der Waals surface area contributed by atoms with Gasteiger partial charge in [-0.3, -0.25) is 9.59 Å². The Morgan fingerprint density at radius 2 is 1.67 bits per heavy atom. The second-order valence-corrected chi connectivity index (χ2v) is 8.48. The molecule has 0 aliphatic carbocycles. The van der Waals surface area contributed by atoms with Gasteiger partial charge in [0.25, 0.3) is 0 Å². The number of nitrogens with zero attached hydrogens (tertiary/aromatic N) is 1. The number of ketones is 1. The summed E-state index contributed by atoms with van der Waals surface area (Å²) in [5.41, 5.74) is 2.35. The van der Waals surface area contributed by atoms with Crippen LogP contribution >= 0.6 is 11.6 Å². The molecule has 0 radical (unpaired) electrons. The van der Waals surface area contributed by atoms with E-state index in [-0.39, 0.29) is 30.3 Å². The van der Waals surface area contributed by atoms with Crippen LogP contribution in [0, 0.1) is 0 Å². The normalized spacial score (nSPS) is 16.0. The van der Waals surface area contributed by atoms with Crippen LogP contribution in [-0.4, -0.2) is 49.0 Å². The Morgan fingerprint density at radius 3 is 2.27 bits per heavy atom. The number of amides is 1. The highest BCUT2D eigenvalue weighted by Gasteiger charge is 2.31. The maximum Gasteiger partial charge on any atom is 0.234 e. The Hall–Kier alpha value is -3.15. The summed E-state index contributed by atoms with van der Waals surface area (Å²) < 4.78 is 11.8. The van der Waals surface area contributed by atoms with E-state index in [0.717, 1.165) is 11.1 Å². The van der Waals surface area contributed by atoms with Crippen LogP contribution in [-0.2, 0) is 9.53 Å². The van der Waals surface area contributed by atoms with Crippen molar-refractivity contribution in [2.24, 2.45) is 0 Å². The van der Waals surface area contributed by atoms with Crippen molar-refractivity contribution in [1.29, 1.82) is 0 Å². The highest BCUT2D eigenvalue weighted by molar-refractivity contribution is 6.31. The molecule has 33 heavy (non-hydrogen) atoms. The number of hydrogen-bond acceptors (Lipinski definition) is 4. The molecular formula is C27H26ClNO4. The van der Waals surface area contributed by atoms with Gasteiger partial charge in [0.1, 0.15) is 18.5 Å². The third-order valence-electron chi connectivity index (χ3n) is 5.71. The van der Waals surface area contributed by atoms with Crippen LogP contribution in [0.4, 0.5) is 0 Å². The molecule has 1 unspecified atom stereocenters. The first-order chi connectivity index (χ1) is 16.0. The Bertz CT molecular complexity index is 1060. The molecule has 0 aromatic heterocycles. The zero-order chi connectivity index (χ0) is 23.2. The van der Waals surface area contributed by atoms with E-state index in [1.807, 2.05) is 65.6 Å². The van der Waals surface area contributed by atoms with E-state index in [4.69, 9.17) is 21.1 Å². The van der Waals surface area contributed by atoms with E-state index in [1.165, 1.54) is 6.92 Å². The van der Waals surface area contributed by atoms with Crippen molar-refractivity contribution in [1.82, 2.24) is 4.90 Å². The molecule has 5 nitrogen and oxygen atoms in total. The van der Waals surface area contributed by atoms with Crippen LogP contribution in [0.2, 0.25) is 5.02 Å². The average molecular weight is 464 g/mol. The van der Waals surface area contributed by atoms with Crippen LogP contribution in [0.3, 0.4) is 0 Å². The van der Waals surface area contributed by atoms with Crippen LogP contribution in [0.5, 0.6) is 5.75 Å². The van der Waals surface area contributed by atoms with Crippen LogP contribution in [0.25, 0.3) is 0 Å². The third-order valence-corrected chi connectivity index (χ3v) is 5.94. The van der Waals surface area contributed by atoms with Crippen LogP contribution in [0.1, 0.15) is 34.3 Å². The second kappa shape index (κ2) is 10.6. The van der Waals surface area contributed by atoms with Crippen molar-refractivity contribution in [3.8, 4) is 5.75 Å². The predicted molar refractivity (Wildman–Crippen MR) is 128 cm³/mol. The molecule has 170 valence electrons. The molecule has 1 atom stereocenters. The summed E-state index contributed by atoms with van der Waals surface area (Å²) in [6.07, 6.45) is -0.301. The minimum absolute atomic E-state index is 0.0385. The molecule has 3 aromatic rings. The lowest BCUT2D eigenvalue weighted by Gasteiger charge is -2.35. The Balaban J connectivity index is 1.48. The SMILES string of the molecule is CC(=O)c1cc(Cl)ccc1OCC1CN(C(=O)C(c2ccccc2)c2ccccc2)CCO1. The summed E-state index contributed by atoms with van der Waals surface area (Å²) >= 11 is 6.02. The molecule has 1 aliphatic rings. The van der Waals surface area contributed by atoms with Gasteiger partial charge in [-0.1, -0.05) is 72.3 Å². The van der Waals surface area contributed by atoms with E-state index in [0.29, 0.717) is 36.0 Å². The Morgan fingerprint density at radius 1 is 1.03 bits per heavy atom. The Labute approximate surface area is 198 Å². The molecule has 0 saturated carbocycles. The number of carbonyl (C=O) groups excluding carboxylic acids is 2. The van der Waals surface area contributed by atoms with Gasteiger partial charge in [0.2, 0.25) is 5.91 Å². The topological polar surface area (TPSA) is 55.8 Å². The fourth-order valence-electron chi connectivity index (χ4n) is 4.06. The highest BCUT2D eigenvalue weighted by atomic mass is 35.5. The molecule has 1 amide bonds. The van der Waals surface area contributed by atoms with E-state index >= 15 is 0 Å². The molecule has 4 rings (SSSR count). The summed E-state index contributed by atoms with van der Waals surface area (Å²) in [5.74, 6) is -0.00269. The molecular weight excluding hydrogens is 438 g/mol. The van der Waals surface area contributed by atoms with Crippen molar-refractivity contribution >= 4 is 23.3 Å². The maximum atomic E-state index is 13.7. The zero-order valence-corrected chi connectivity index (χ0v) is 19.2. The monoisotopic (exact) mass is 463 g/mol. The first kappa shape index (κ1) is 23.0. The van der Waals surface area contributed by atoms with Gasteiger partial charge in [-0.25, -0.2) is 0 Å². The van der Waals surface area contributed by atoms with Gasteiger partial charge < -0.3 is 14.4 Å². The van der Waals surface area contributed by atoms with Gasteiger partial charge in [-0.15, -0.1) is 0 Å². The van der Waals surface area contributed by atoms with Gasteiger partial charge in [0, 0.05) is 11.6 Å². The van der Waals surface area contributed by atoms with E-state index < -0.39 is 0 Å². The largest absolute Gasteiger partial charge is 0.490 e. The fraction of sp³-hybridized carbons (Fsp3) is 0.259. The second-order valence-electron chi connectivity index (χ2n) is 8.04. The van der Waals surface area contributed by atoms with E-state index in [1.54, 1.807) is 18.2 Å². The number of benzene rings is 3. The first-order valence-electron chi connectivity index (χ1n) is 11.0. The van der Waals surface area contributed by atoms with Crippen LogP contribution in [0.15, 0.2) is 78.9 Å². The van der Waals surface area contributed by atoms with Crippen molar-refractivity contribution in [3.63, 3.8) is 0 Å². The molecule has 6 heteroatoms. The average Bonchev–Trinajstić information content (AvgIpc) is 2.85. The van der Waals surface area contributed by atoms with Crippen molar-refractivity contribution in [3.05, 3.63) is 101 Å². The number of ether oxygens (including phenoxy) is 2. The van der Waals surface area contributed by atoms with Gasteiger partial charge >= 0.3 is 0 Å². The van der Waals surface area contributed by atoms with Crippen molar-refractivity contribution in [2.75, 3.05) is 26.3 Å². The van der Waals surface area contributed by atoms with E-state index in [2.05, 4.69) is 0 Å². The summed E-state index contributed by atoms with van der Waals surface area (Å²) in [4.78, 5) is 27.4. The van der Waals surface area contributed by atoms with E-state index in [9.17, 15) is 9.59 Å². The molecule has 0 bridgehead atoms. The maximum absolute atomic E-state index is 13.7. The summed E-state index contributed by atoms with van der Waals surface area (Å²) in [6.45, 7) is 3.07. The van der Waals surface area contributed by atoms with Gasteiger partial charge in [0.15, 0.2) is 5.78 Å². The molecule has 3 aromatic carbocycles. The first-order valence-corrected chi connectivity index (χ1v) is 11.3. The zero-order valence-electron chi connectivity index (χ0n) is 18.4. The summed E-state index contributed by atoms with van der Waals surface area (Å²) in [5, 5.41) is 0.478. The quantitative estimate of drug-likeness (QED) is 0.464.